The number of nitrogens with zero attached hydrogens (tertiary/aromatic N) is 2. The lowest BCUT2D eigenvalue weighted by atomic mass is 10.1. The molecule has 2 heterocycles. The van der Waals surface area contributed by atoms with Crippen molar-refractivity contribution in [3.05, 3.63) is 95.6 Å². The predicted molar refractivity (Wildman–Crippen MR) is 103 cm³/mol. The summed E-state index contributed by atoms with van der Waals surface area (Å²) in [5.74, 6) is -0.698. The fraction of sp³-hybridized carbons (Fsp3) is 0.182. The Morgan fingerprint density at radius 1 is 1.15 bits per heavy atom. The highest BCUT2D eigenvalue weighted by Crippen LogP contribution is 2.34. The monoisotopic (exact) mass is 361 g/mol. The molecule has 4 nitrogen and oxygen atoms in total. The highest BCUT2D eigenvalue weighted by atomic mass is 19.1. The van der Waals surface area contributed by atoms with Gasteiger partial charge in [-0.25, -0.2) is 4.39 Å². The van der Waals surface area contributed by atoms with Gasteiger partial charge in [-0.15, -0.1) is 0 Å². The zero-order valence-corrected chi connectivity index (χ0v) is 14.8. The van der Waals surface area contributed by atoms with Crippen LogP contribution in [0.3, 0.4) is 0 Å². The Hall–Kier alpha value is -3.21. The van der Waals surface area contributed by atoms with Gasteiger partial charge in [0.2, 0.25) is 0 Å². The number of benzene rings is 2. The summed E-state index contributed by atoms with van der Waals surface area (Å²) in [5.41, 5.74) is 3.85. The lowest BCUT2D eigenvalue weighted by molar-refractivity contribution is 0.0950. The maximum atomic E-state index is 13.4. The first kappa shape index (κ1) is 17.2. The highest BCUT2D eigenvalue weighted by Gasteiger charge is 2.27. The number of hydrogen-bond donors (Lipinski definition) is 1. The second kappa shape index (κ2) is 7.58. The molecule has 0 radical (unpaired) electrons. The third-order valence-electron chi connectivity index (χ3n) is 4.91. The van der Waals surface area contributed by atoms with Gasteiger partial charge in [0.1, 0.15) is 5.82 Å². The van der Waals surface area contributed by atoms with E-state index in [1.165, 1.54) is 23.4 Å². The fourth-order valence-corrected chi connectivity index (χ4v) is 3.59. The van der Waals surface area contributed by atoms with Crippen molar-refractivity contribution in [2.45, 2.75) is 12.5 Å². The van der Waals surface area contributed by atoms with Crippen LogP contribution in [0.15, 0.2) is 73.1 Å². The van der Waals surface area contributed by atoms with Gasteiger partial charge in [0, 0.05) is 36.7 Å². The molecule has 0 spiro atoms. The van der Waals surface area contributed by atoms with Gasteiger partial charge >= 0.3 is 0 Å². The Bertz CT molecular complexity index is 945. The van der Waals surface area contributed by atoms with Gasteiger partial charge in [0.25, 0.3) is 5.91 Å². The van der Waals surface area contributed by atoms with Crippen molar-refractivity contribution >= 4 is 11.6 Å². The second-order valence-electron chi connectivity index (χ2n) is 6.59. The second-order valence-corrected chi connectivity index (χ2v) is 6.59. The molecule has 1 atom stereocenters. The van der Waals surface area contributed by atoms with Crippen molar-refractivity contribution in [3.8, 4) is 0 Å². The molecule has 1 N–H and O–H groups in total. The molecule has 1 amide bonds. The molecule has 27 heavy (non-hydrogen) atoms. The van der Waals surface area contributed by atoms with Gasteiger partial charge < -0.3 is 10.2 Å². The molecule has 0 saturated heterocycles. The van der Waals surface area contributed by atoms with Crippen LogP contribution in [0, 0.1) is 5.82 Å². The molecule has 0 saturated carbocycles. The summed E-state index contributed by atoms with van der Waals surface area (Å²) in [6, 6.07) is 17.9. The van der Waals surface area contributed by atoms with Crippen LogP contribution in [0.4, 0.5) is 10.1 Å². The molecule has 0 aliphatic carbocycles. The van der Waals surface area contributed by atoms with E-state index in [0.717, 1.165) is 18.5 Å². The third-order valence-corrected chi connectivity index (χ3v) is 4.91. The number of amides is 1. The number of hydrogen-bond acceptors (Lipinski definition) is 3. The van der Waals surface area contributed by atoms with Crippen LogP contribution in [0.5, 0.6) is 0 Å². The Kier molecular flexibility index (Phi) is 4.83. The van der Waals surface area contributed by atoms with Crippen molar-refractivity contribution in [2.24, 2.45) is 0 Å². The molecule has 0 unspecified atom stereocenters. The van der Waals surface area contributed by atoms with Gasteiger partial charge in [-0.1, -0.05) is 30.3 Å². The summed E-state index contributed by atoms with van der Waals surface area (Å²) >= 11 is 0. The van der Waals surface area contributed by atoms with Crippen LogP contribution in [0.25, 0.3) is 0 Å². The number of halogens is 1. The number of nitrogens with one attached hydrogen (secondary N) is 1. The Balaban J connectivity index is 1.57. The number of aromatic nitrogens is 1. The maximum absolute atomic E-state index is 13.4. The lowest BCUT2D eigenvalue weighted by Gasteiger charge is -2.31. The van der Waals surface area contributed by atoms with E-state index < -0.39 is 5.82 Å². The topological polar surface area (TPSA) is 45.2 Å². The molecule has 4 rings (SSSR count). The van der Waals surface area contributed by atoms with Gasteiger partial charge in [0.15, 0.2) is 0 Å². The molecular weight excluding hydrogens is 341 g/mol. The average molecular weight is 361 g/mol. The molecule has 0 fully saturated rings. The molecule has 3 aromatic rings. The molecule has 136 valence electrons. The van der Waals surface area contributed by atoms with E-state index in [0.29, 0.717) is 12.1 Å². The van der Waals surface area contributed by atoms with Gasteiger partial charge in [-0.3, -0.25) is 9.78 Å². The first-order chi connectivity index (χ1) is 13.2. The maximum Gasteiger partial charge on any atom is 0.251 e. The molecule has 1 aromatic heterocycles. The standard InChI is InChI=1S/C22H20FN3O/c23-19-8-3-6-17(13-19)22(27)25-15-21(18-7-4-11-24-14-18)26-12-10-16-5-1-2-9-20(16)26/h1-9,11,13-14,21H,10,12,15H2,(H,25,27)/t21-/m1/s1. The number of fused-ring (bicyclic) bond motifs is 1. The summed E-state index contributed by atoms with van der Waals surface area (Å²) in [6.45, 7) is 1.30. The number of carbonyl (C=O) groups excluding carboxylic acids is 1. The fourth-order valence-electron chi connectivity index (χ4n) is 3.59. The van der Waals surface area contributed by atoms with Crippen molar-refractivity contribution in [2.75, 3.05) is 18.0 Å². The van der Waals surface area contributed by atoms with E-state index in [1.54, 1.807) is 18.3 Å². The summed E-state index contributed by atoms with van der Waals surface area (Å²) in [6.07, 6.45) is 4.55. The van der Waals surface area contributed by atoms with E-state index in [9.17, 15) is 9.18 Å². The molecule has 1 aliphatic heterocycles. The molecule has 0 bridgehead atoms. The van der Waals surface area contributed by atoms with Crippen LogP contribution in [-0.2, 0) is 6.42 Å². The van der Waals surface area contributed by atoms with Crippen LogP contribution in [0.1, 0.15) is 27.5 Å². The van der Waals surface area contributed by atoms with Crippen molar-refractivity contribution < 1.29 is 9.18 Å². The zero-order chi connectivity index (χ0) is 18.6. The zero-order valence-electron chi connectivity index (χ0n) is 14.8. The average Bonchev–Trinajstić information content (AvgIpc) is 3.13. The van der Waals surface area contributed by atoms with Crippen molar-refractivity contribution in [1.29, 1.82) is 0 Å². The molecule has 1 aliphatic rings. The van der Waals surface area contributed by atoms with E-state index in [-0.39, 0.29) is 11.9 Å². The van der Waals surface area contributed by atoms with Crippen LogP contribution in [-0.4, -0.2) is 24.0 Å². The largest absolute Gasteiger partial charge is 0.362 e. The first-order valence-electron chi connectivity index (χ1n) is 9.00. The van der Waals surface area contributed by atoms with Gasteiger partial charge in [-0.2, -0.15) is 0 Å². The predicted octanol–water partition coefficient (Wildman–Crippen LogP) is 3.75. The smallest absolute Gasteiger partial charge is 0.251 e. The lowest BCUT2D eigenvalue weighted by Crippen LogP contribution is -2.37. The van der Waals surface area contributed by atoms with Crippen LogP contribution >= 0.6 is 0 Å². The van der Waals surface area contributed by atoms with Crippen LogP contribution < -0.4 is 10.2 Å². The summed E-state index contributed by atoms with van der Waals surface area (Å²) in [5, 5.41) is 2.96. The van der Waals surface area contributed by atoms with Gasteiger partial charge in [-0.05, 0) is 47.9 Å². The van der Waals surface area contributed by atoms with E-state index in [1.807, 2.05) is 30.5 Å². The minimum absolute atomic E-state index is 0.0418. The van der Waals surface area contributed by atoms with E-state index in [2.05, 4.69) is 27.3 Å². The number of carbonyl (C=O) groups is 1. The minimum Gasteiger partial charge on any atom is -0.362 e. The minimum atomic E-state index is -0.417. The number of anilines is 1. The Morgan fingerprint density at radius 3 is 2.85 bits per heavy atom. The Labute approximate surface area is 157 Å². The normalized spacial score (nSPS) is 13.9. The number of pyridine rings is 1. The van der Waals surface area contributed by atoms with E-state index in [4.69, 9.17) is 0 Å². The highest BCUT2D eigenvalue weighted by molar-refractivity contribution is 5.94. The molecule has 5 heteroatoms. The van der Waals surface area contributed by atoms with E-state index >= 15 is 0 Å². The number of rotatable bonds is 5. The number of para-hydroxylation sites is 1. The summed E-state index contributed by atoms with van der Waals surface area (Å²) < 4.78 is 13.4. The summed E-state index contributed by atoms with van der Waals surface area (Å²) in [4.78, 5) is 19.0. The third kappa shape index (κ3) is 3.67. The van der Waals surface area contributed by atoms with Crippen LogP contribution in [0.2, 0.25) is 0 Å². The summed E-state index contributed by atoms with van der Waals surface area (Å²) in [7, 11) is 0. The first-order valence-corrected chi connectivity index (χ1v) is 9.00. The Morgan fingerprint density at radius 2 is 2.04 bits per heavy atom. The SMILES string of the molecule is O=C(NC[C@H](c1cccnc1)N1CCc2ccccc21)c1cccc(F)c1. The van der Waals surface area contributed by atoms with Gasteiger partial charge in [0.05, 0.1) is 6.04 Å². The quantitative estimate of drug-likeness (QED) is 0.753. The van der Waals surface area contributed by atoms with Crippen molar-refractivity contribution in [3.63, 3.8) is 0 Å². The molecular formula is C22H20FN3O. The van der Waals surface area contributed by atoms with Crippen molar-refractivity contribution in [1.82, 2.24) is 10.3 Å². The molecule has 2 aromatic carbocycles.